The van der Waals surface area contributed by atoms with Crippen molar-refractivity contribution in [2.75, 3.05) is 7.11 Å². The van der Waals surface area contributed by atoms with Crippen LogP contribution in [0, 0.1) is 6.92 Å². The summed E-state index contributed by atoms with van der Waals surface area (Å²) < 4.78 is 6.81. The fourth-order valence-corrected chi connectivity index (χ4v) is 2.41. The number of fused-ring (bicyclic) bond motifs is 1. The van der Waals surface area contributed by atoms with E-state index in [1.807, 2.05) is 30.6 Å². The van der Waals surface area contributed by atoms with Crippen LogP contribution in [-0.4, -0.2) is 22.6 Å². The molecular formula is C17H16N2O2. The second-order valence-electron chi connectivity index (χ2n) is 5.00. The number of benzene rings is 1. The quantitative estimate of drug-likeness (QED) is 0.692. The van der Waals surface area contributed by atoms with Crippen molar-refractivity contribution in [3.05, 3.63) is 65.5 Å². The molecule has 0 atom stereocenters. The normalized spacial score (nSPS) is 10.8. The van der Waals surface area contributed by atoms with Crippen LogP contribution < -0.4 is 0 Å². The lowest BCUT2D eigenvalue weighted by molar-refractivity contribution is 0.0600. The number of hydrogen-bond acceptors (Lipinski definition) is 3. The zero-order valence-electron chi connectivity index (χ0n) is 12.0. The molecule has 0 saturated carbocycles. The second kappa shape index (κ2) is 5.40. The van der Waals surface area contributed by atoms with Gasteiger partial charge in [-0.25, -0.2) is 9.78 Å². The molecule has 106 valence electrons. The minimum absolute atomic E-state index is 0.315. The number of pyridine rings is 1. The number of carbonyl (C=O) groups is 1. The Labute approximate surface area is 123 Å². The fraction of sp³-hybridized carbons (Fsp3) is 0.176. The molecule has 2 heterocycles. The molecule has 2 aromatic heterocycles. The predicted molar refractivity (Wildman–Crippen MR) is 81.4 cm³/mol. The van der Waals surface area contributed by atoms with E-state index < -0.39 is 0 Å². The average Bonchev–Trinajstić information content (AvgIpc) is 2.92. The lowest BCUT2D eigenvalue weighted by Crippen LogP contribution is -2.03. The molecular weight excluding hydrogens is 264 g/mol. The van der Waals surface area contributed by atoms with Gasteiger partial charge in [0.2, 0.25) is 0 Å². The maximum atomic E-state index is 11.4. The van der Waals surface area contributed by atoms with E-state index in [-0.39, 0.29) is 5.97 Å². The van der Waals surface area contributed by atoms with Gasteiger partial charge in [-0.15, -0.1) is 0 Å². The molecule has 0 fully saturated rings. The topological polar surface area (TPSA) is 44.1 Å². The second-order valence-corrected chi connectivity index (χ2v) is 5.00. The minimum atomic E-state index is -0.315. The Bertz CT molecular complexity index is 788. The molecule has 21 heavy (non-hydrogen) atoms. The van der Waals surface area contributed by atoms with E-state index in [0.29, 0.717) is 5.56 Å². The minimum Gasteiger partial charge on any atom is -0.465 e. The van der Waals surface area contributed by atoms with Crippen LogP contribution >= 0.6 is 0 Å². The summed E-state index contributed by atoms with van der Waals surface area (Å²) in [5.41, 5.74) is 3.88. The highest BCUT2D eigenvalue weighted by Crippen LogP contribution is 2.18. The molecule has 0 aliphatic carbocycles. The van der Waals surface area contributed by atoms with Gasteiger partial charge in [-0.1, -0.05) is 12.1 Å². The number of hydrogen-bond donors (Lipinski definition) is 0. The van der Waals surface area contributed by atoms with Crippen molar-refractivity contribution in [1.29, 1.82) is 0 Å². The van der Waals surface area contributed by atoms with Gasteiger partial charge in [0.25, 0.3) is 0 Å². The molecule has 0 radical (unpaired) electrons. The number of carbonyl (C=O) groups excluding carboxylic acids is 1. The summed E-state index contributed by atoms with van der Waals surface area (Å²) >= 11 is 0. The summed E-state index contributed by atoms with van der Waals surface area (Å²) in [5.74, 6) is -0.315. The summed E-state index contributed by atoms with van der Waals surface area (Å²) in [7, 11) is 1.39. The number of ether oxygens (including phenoxy) is 1. The number of esters is 1. The Kier molecular flexibility index (Phi) is 3.44. The van der Waals surface area contributed by atoms with E-state index in [0.717, 1.165) is 17.8 Å². The number of aryl methyl sites for hydroxylation is 1. The van der Waals surface area contributed by atoms with Gasteiger partial charge in [-0.05, 0) is 42.3 Å². The van der Waals surface area contributed by atoms with Gasteiger partial charge in [0.1, 0.15) is 5.65 Å². The molecule has 4 nitrogen and oxygen atoms in total. The van der Waals surface area contributed by atoms with Crippen LogP contribution in [0.3, 0.4) is 0 Å². The molecule has 0 amide bonds. The smallest absolute Gasteiger partial charge is 0.337 e. The standard InChI is InChI=1S/C17H16N2O2/c1-12-7-9-18-16-15(12)8-10-19(16)11-13-3-5-14(6-4-13)17(20)21-2/h3-10H,11H2,1-2H3. The summed E-state index contributed by atoms with van der Waals surface area (Å²) in [6.45, 7) is 2.81. The monoisotopic (exact) mass is 280 g/mol. The SMILES string of the molecule is COC(=O)c1ccc(Cn2ccc3c(C)ccnc32)cc1. The van der Waals surface area contributed by atoms with Crippen molar-refractivity contribution < 1.29 is 9.53 Å². The lowest BCUT2D eigenvalue weighted by Gasteiger charge is -2.06. The molecule has 0 bridgehead atoms. The third-order valence-corrected chi connectivity index (χ3v) is 3.61. The van der Waals surface area contributed by atoms with Crippen LogP contribution in [0.25, 0.3) is 11.0 Å². The van der Waals surface area contributed by atoms with Crippen molar-refractivity contribution >= 4 is 17.0 Å². The molecule has 0 spiro atoms. The molecule has 0 unspecified atom stereocenters. The third-order valence-electron chi connectivity index (χ3n) is 3.61. The van der Waals surface area contributed by atoms with Crippen molar-refractivity contribution in [3.63, 3.8) is 0 Å². The molecule has 4 heteroatoms. The molecule has 3 aromatic rings. The summed E-state index contributed by atoms with van der Waals surface area (Å²) in [4.78, 5) is 15.9. The van der Waals surface area contributed by atoms with Gasteiger partial charge < -0.3 is 9.30 Å². The zero-order valence-corrected chi connectivity index (χ0v) is 12.0. The first kappa shape index (κ1) is 13.4. The first-order chi connectivity index (χ1) is 10.2. The van der Waals surface area contributed by atoms with Gasteiger partial charge in [0.15, 0.2) is 0 Å². The first-order valence-corrected chi connectivity index (χ1v) is 6.77. The maximum Gasteiger partial charge on any atom is 0.337 e. The van der Waals surface area contributed by atoms with E-state index >= 15 is 0 Å². The molecule has 0 N–H and O–H groups in total. The zero-order chi connectivity index (χ0) is 14.8. The Morgan fingerprint density at radius 2 is 1.95 bits per heavy atom. The van der Waals surface area contributed by atoms with Crippen molar-refractivity contribution in [2.24, 2.45) is 0 Å². The van der Waals surface area contributed by atoms with Crippen molar-refractivity contribution in [3.8, 4) is 0 Å². The lowest BCUT2D eigenvalue weighted by atomic mass is 10.1. The van der Waals surface area contributed by atoms with Crippen LogP contribution in [0.2, 0.25) is 0 Å². The Morgan fingerprint density at radius 3 is 2.67 bits per heavy atom. The van der Waals surface area contributed by atoms with Gasteiger partial charge in [-0.3, -0.25) is 0 Å². The maximum absolute atomic E-state index is 11.4. The first-order valence-electron chi connectivity index (χ1n) is 6.77. The van der Waals surface area contributed by atoms with Crippen LogP contribution in [0.4, 0.5) is 0 Å². The molecule has 0 aliphatic rings. The highest BCUT2D eigenvalue weighted by Gasteiger charge is 2.07. The van der Waals surface area contributed by atoms with E-state index in [1.165, 1.54) is 18.1 Å². The Hall–Kier alpha value is -2.62. The largest absolute Gasteiger partial charge is 0.465 e. The summed E-state index contributed by atoms with van der Waals surface area (Å²) in [6, 6.07) is 11.5. The van der Waals surface area contributed by atoms with Crippen LogP contribution in [0.15, 0.2) is 48.8 Å². The number of nitrogens with zero attached hydrogens (tertiary/aromatic N) is 2. The number of methoxy groups -OCH3 is 1. The van der Waals surface area contributed by atoms with E-state index in [9.17, 15) is 4.79 Å². The van der Waals surface area contributed by atoms with Crippen LogP contribution in [-0.2, 0) is 11.3 Å². The fourth-order valence-electron chi connectivity index (χ4n) is 2.41. The summed E-state index contributed by atoms with van der Waals surface area (Å²) in [6.07, 6.45) is 3.87. The summed E-state index contributed by atoms with van der Waals surface area (Å²) in [5, 5.41) is 1.17. The highest BCUT2D eigenvalue weighted by atomic mass is 16.5. The highest BCUT2D eigenvalue weighted by molar-refractivity contribution is 5.89. The van der Waals surface area contributed by atoms with Crippen LogP contribution in [0.5, 0.6) is 0 Å². The van der Waals surface area contributed by atoms with Gasteiger partial charge in [0, 0.05) is 24.3 Å². The van der Waals surface area contributed by atoms with E-state index in [2.05, 4.69) is 22.5 Å². The number of rotatable bonds is 3. The Morgan fingerprint density at radius 1 is 1.19 bits per heavy atom. The van der Waals surface area contributed by atoms with Gasteiger partial charge in [0.05, 0.1) is 12.7 Å². The van der Waals surface area contributed by atoms with Gasteiger partial charge >= 0.3 is 5.97 Å². The number of aromatic nitrogens is 2. The molecule has 1 aromatic carbocycles. The van der Waals surface area contributed by atoms with Crippen molar-refractivity contribution in [1.82, 2.24) is 9.55 Å². The Balaban J connectivity index is 1.88. The van der Waals surface area contributed by atoms with E-state index in [4.69, 9.17) is 4.74 Å². The van der Waals surface area contributed by atoms with E-state index in [1.54, 1.807) is 12.1 Å². The predicted octanol–water partition coefficient (Wildman–Crippen LogP) is 3.18. The van der Waals surface area contributed by atoms with Crippen molar-refractivity contribution in [2.45, 2.75) is 13.5 Å². The van der Waals surface area contributed by atoms with Crippen LogP contribution in [0.1, 0.15) is 21.5 Å². The average molecular weight is 280 g/mol. The molecule has 3 rings (SSSR count). The molecule has 0 saturated heterocycles. The molecule has 0 aliphatic heterocycles. The van der Waals surface area contributed by atoms with Gasteiger partial charge in [-0.2, -0.15) is 0 Å². The third kappa shape index (κ3) is 2.52.